The average Bonchev–Trinajstić information content (AvgIpc) is 3.15. The molecule has 1 saturated heterocycles. The summed E-state index contributed by atoms with van der Waals surface area (Å²) in [4.78, 5) is 14.6. The van der Waals surface area contributed by atoms with E-state index in [1.54, 1.807) is 12.1 Å². The van der Waals surface area contributed by atoms with Crippen LogP contribution in [0.5, 0.6) is 0 Å². The Bertz CT molecular complexity index is 535. The Labute approximate surface area is 150 Å². The highest BCUT2D eigenvalue weighted by Crippen LogP contribution is 2.31. The van der Waals surface area contributed by atoms with Crippen molar-refractivity contribution >= 4 is 5.91 Å². The molecule has 2 fully saturated rings. The van der Waals surface area contributed by atoms with E-state index in [0.717, 1.165) is 44.1 Å². The number of carbonyl (C=O) groups is 1. The summed E-state index contributed by atoms with van der Waals surface area (Å²) < 4.78 is 11.5. The van der Waals surface area contributed by atoms with E-state index >= 15 is 0 Å². The molecule has 2 atom stereocenters. The first-order valence-electron chi connectivity index (χ1n) is 9.78. The van der Waals surface area contributed by atoms with Crippen LogP contribution in [0.2, 0.25) is 0 Å². The third-order valence-corrected chi connectivity index (χ3v) is 5.99. The average molecular weight is 348 g/mol. The lowest BCUT2D eigenvalue weighted by atomic mass is 9.80. The fourth-order valence-electron chi connectivity index (χ4n) is 4.25. The van der Waals surface area contributed by atoms with Crippen LogP contribution in [0.3, 0.4) is 0 Å². The van der Waals surface area contributed by atoms with Gasteiger partial charge in [0.25, 0.3) is 5.91 Å². The van der Waals surface area contributed by atoms with Crippen molar-refractivity contribution in [3.8, 4) is 0 Å². The molecule has 5 heteroatoms. The standard InChI is InChI=1S/C20H32N2O3/c1-14(2)15-7-9-16(10-8-15)25-13-18-17(21)5-3-11-22(18)20(23)19-6-4-12-24-19/h4,6,12,14-18H,3,5,7-11,13,21H2,1-2H3/t15-,16+,17-,18-/m0/s1. The van der Waals surface area contributed by atoms with E-state index in [4.69, 9.17) is 14.9 Å². The number of likely N-dealkylation sites (tertiary alicyclic amines) is 1. The first kappa shape index (κ1) is 18.5. The minimum absolute atomic E-state index is 0.0281. The molecule has 0 spiro atoms. The predicted molar refractivity (Wildman–Crippen MR) is 97.3 cm³/mol. The number of nitrogens with two attached hydrogens (primary N) is 1. The normalized spacial score (nSPS) is 30.6. The highest BCUT2D eigenvalue weighted by Gasteiger charge is 2.35. The maximum absolute atomic E-state index is 12.7. The molecule has 1 saturated carbocycles. The van der Waals surface area contributed by atoms with Crippen molar-refractivity contribution in [3.05, 3.63) is 24.2 Å². The van der Waals surface area contributed by atoms with Crippen molar-refractivity contribution in [3.63, 3.8) is 0 Å². The smallest absolute Gasteiger partial charge is 0.289 e. The zero-order valence-electron chi connectivity index (χ0n) is 15.5. The first-order valence-corrected chi connectivity index (χ1v) is 9.78. The lowest BCUT2D eigenvalue weighted by Gasteiger charge is -2.40. The number of hydrogen-bond acceptors (Lipinski definition) is 4. The molecular weight excluding hydrogens is 316 g/mol. The molecule has 0 bridgehead atoms. The van der Waals surface area contributed by atoms with Gasteiger partial charge in [-0.1, -0.05) is 13.8 Å². The second-order valence-corrected chi connectivity index (χ2v) is 7.96. The van der Waals surface area contributed by atoms with Crippen molar-refractivity contribution < 1.29 is 13.9 Å². The minimum atomic E-state index is -0.0720. The molecule has 0 aromatic carbocycles. The summed E-state index contributed by atoms with van der Waals surface area (Å²) in [7, 11) is 0. The maximum Gasteiger partial charge on any atom is 0.289 e. The van der Waals surface area contributed by atoms with Gasteiger partial charge in [-0.25, -0.2) is 0 Å². The lowest BCUT2D eigenvalue weighted by molar-refractivity contribution is -0.0274. The molecule has 0 unspecified atom stereocenters. The topological polar surface area (TPSA) is 68.7 Å². The van der Waals surface area contributed by atoms with E-state index in [0.29, 0.717) is 18.5 Å². The largest absolute Gasteiger partial charge is 0.459 e. The number of hydrogen-bond donors (Lipinski definition) is 1. The Morgan fingerprint density at radius 3 is 2.72 bits per heavy atom. The van der Waals surface area contributed by atoms with Gasteiger partial charge >= 0.3 is 0 Å². The Morgan fingerprint density at radius 1 is 1.32 bits per heavy atom. The van der Waals surface area contributed by atoms with Gasteiger partial charge in [0, 0.05) is 12.6 Å². The summed E-state index contributed by atoms with van der Waals surface area (Å²) >= 11 is 0. The summed E-state index contributed by atoms with van der Waals surface area (Å²) in [6.07, 6.45) is 8.45. The van der Waals surface area contributed by atoms with Crippen LogP contribution in [-0.4, -0.2) is 42.1 Å². The lowest BCUT2D eigenvalue weighted by Crippen LogP contribution is -2.56. The second-order valence-electron chi connectivity index (χ2n) is 7.96. The quantitative estimate of drug-likeness (QED) is 0.885. The van der Waals surface area contributed by atoms with Crippen LogP contribution in [0.4, 0.5) is 0 Å². The molecule has 2 N–H and O–H groups in total. The fourth-order valence-corrected chi connectivity index (χ4v) is 4.25. The van der Waals surface area contributed by atoms with Gasteiger partial charge in [0.05, 0.1) is 25.0 Å². The van der Waals surface area contributed by atoms with E-state index in [1.165, 1.54) is 19.1 Å². The van der Waals surface area contributed by atoms with Crippen LogP contribution in [-0.2, 0) is 4.74 Å². The molecule has 1 aliphatic carbocycles. The highest BCUT2D eigenvalue weighted by atomic mass is 16.5. The Balaban J connectivity index is 1.56. The van der Waals surface area contributed by atoms with E-state index in [-0.39, 0.29) is 18.0 Å². The number of rotatable bonds is 5. The zero-order valence-corrected chi connectivity index (χ0v) is 15.5. The Hall–Kier alpha value is -1.33. The van der Waals surface area contributed by atoms with Crippen molar-refractivity contribution in [1.29, 1.82) is 0 Å². The van der Waals surface area contributed by atoms with E-state index in [2.05, 4.69) is 13.8 Å². The molecule has 140 valence electrons. The third-order valence-electron chi connectivity index (χ3n) is 5.99. The maximum atomic E-state index is 12.7. The van der Waals surface area contributed by atoms with Gasteiger partial charge in [0.1, 0.15) is 0 Å². The van der Waals surface area contributed by atoms with Crippen LogP contribution in [0, 0.1) is 11.8 Å². The van der Waals surface area contributed by atoms with Crippen LogP contribution >= 0.6 is 0 Å². The molecule has 1 aromatic heterocycles. The number of piperidine rings is 1. The van der Waals surface area contributed by atoms with Gasteiger partial charge in [-0.3, -0.25) is 4.79 Å². The monoisotopic (exact) mass is 348 g/mol. The molecule has 0 radical (unpaired) electrons. The predicted octanol–water partition coefficient (Wildman–Crippen LogP) is 3.44. The molecular formula is C20H32N2O3. The third kappa shape index (κ3) is 4.45. The van der Waals surface area contributed by atoms with Gasteiger partial charge in [0.15, 0.2) is 5.76 Å². The number of amides is 1. The van der Waals surface area contributed by atoms with Crippen molar-refractivity contribution in [2.75, 3.05) is 13.2 Å². The molecule has 1 aliphatic heterocycles. The van der Waals surface area contributed by atoms with Crippen LogP contribution < -0.4 is 5.73 Å². The van der Waals surface area contributed by atoms with E-state index in [9.17, 15) is 4.79 Å². The summed E-state index contributed by atoms with van der Waals surface area (Å²) in [5.41, 5.74) is 6.33. The molecule has 1 aromatic rings. The van der Waals surface area contributed by atoms with Crippen LogP contribution in [0.15, 0.2) is 22.8 Å². The van der Waals surface area contributed by atoms with E-state index in [1.807, 2.05) is 4.90 Å². The van der Waals surface area contributed by atoms with E-state index < -0.39 is 0 Å². The molecule has 25 heavy (non-hydrogen) atoms. The van der Waals surface area contributed by atoms with Gasteiger partial charge in [0.2, 0.25) is 0 Å². The fraction of sp³-hybridized carbons (Fsp3) is 0.750. The summed E-state index contributed by atoms with van der Waals surface area (Å²) in [5.74, 6) is 1.90. The van der Waals surface area contributed by atoms with Gasteiger partial charge in [-0.2, -0.15) is 0 Å². The SMILES string of the molecule is CC(C)[C@H]1CC[C@@H](OC[C@H]2[C@@H](N)CCCN2C(=O)c2ccco2)CC1. The summed E-state index contributed by atoms with van der Waals surface area (Å²) in [6.45, 7) is 5.88. The zero-order chi connectivity index (χ0) is 17.8. The van der Waals surface area contributed by atoms with Crippen molar-refractivity contribution in [2.45, 2.75) is 70.6 Å². The number of carbonyl (C=O) groups excluding carboxylic acids is 1. The number of ether oxygens (including phenoxy) is 1. The van der Waals surface area contributed by atoms with Gasteiger partial charge < -0.3 is 19.8 Å². The Kier molecular flexibility index (Phi) is 6.18. The summed E-state index contributed by atoms with van der Waals surface area (Å²) in [5, 5.41) is 0. The van der Waals surface area contributed by atoms with Gasteiger partial charge in [-0.05, 0) is 62.5 Å². The second kappa shape index (κ2) is 8.37. The highest BCUT2D eigenvalue weighted by molar-refractivity contribution is 5.91. The summed E-state index contributed by atoms with van der Waals surface area (Å²) in [6, 6.07) is 3.37. The molecule has 5 nitrogen and oxygen atoms in total. The molecule has 2 aliphatic rings. The molecule has 2 heterocycles. The van der Waals surface area contributed by atoms with Crippen molar-refractivity contribution in [1.82, 2.24) is 4.90 Å². The Morgan fingerprint density at radius 2 is 2.08 bits per heavy atom. The van der Waals surface area contributed by atoms with Crippen LogP contribution in [0.25, 0.3) is 0 Å². The number of furan rings is 1. The van der Waals surface area contributed by atoms with Crippen LogP contribution in [0.1, 0.15) is 62.9 Å². The molecule has 1 amide bonds. The number of nitrogens with zero attached hydrogens (tertiary/aromatic N) is 1. The minimum Gasteiger partial charge on any atom is -0.459 e. The van der Waals surface area contributed by atoms with Crippen molar-refractivity contribution in [2.24, 2.45) is 17.6 Å². The molecule has 3 rings (SSSR count). The van der Waals surface area contributed by atoms with Gasteiger partial charge in [-0.15, -0.1) is 0 Å². The first-order chi connectivity index (χ1) is 12.1.